The second-order valence-electron chi connectivity index (χ2n) is 12.8. The van der Waals surface area contributed by atoms with Crippen LogP contribution in [0.4, 0.5) is 0 Å². The molecule has 0 rings (SSSR count). The number of aliphatic hydroxyl groups is 3. The normalized spacial score (nSPS) is 13.8. The average Bonchev–Trinajstić information content (AvgIpc) is 2.97. The van der Waals surface area contributed by atoms with E-state index in [1.807, 2.05) is 0 Å². The number of carbonyl (C=O) groups is 1. The summed E-state index contributed by atoms with van der Waals surface area (Å²) in [7, 11) is 0. The zero-order valence-electron chi connectivity index (χ0n) is 27.7. The van der Waals surface area contributed by atoms with Gasteiger partial charge in [-0.1, -0.05) is 181 Å². The van der Waals surface area contributed by atoms with Crippen molar-refractivity contribution in [1.29, 1.82) is 0 Å². The van der Waals surface area contributed by atoms with Gasteiger partial charge in [-0.2, -0.15) is 0 Å². The molecule has 246 valence electrons. The van der Waals surface area contributed by atoms with Gasteiger partial charge < -0.3 is 20.6 Å². The SMILES string of the molecule is CCCCCCCCCCCCCCCCC(O)C(O)C(CO)NC(=O)CCCCCCCCCCCCCCC. The molecule has 0 spiro atoms. The van der Waals surface area contributed by atoms with Gasteiger partial charge in [-0.25, -0.2) is 0 Å². The van der Waals surface area contributed by atoms with Crippen LogP contribution in [0, 0.1) is 0 Å². The summed E-state index contributed by atoms with van der Waals surface area (Å²) in [5, 5.41) is 33.3. The Morgan fingerprint density at radius 1 is 0.512 bits per heavy atom. The van der Waals surface area contributed by atoms with Crippen LogP contribution in [0.3, 0.4) is 0 Å². The molecule has 4 N–H and O–H groups in total. The van der Waals surface area contributed by atoms with E-state index < -0.39 is 18.2 Å². The molecule has 0 aromatic rings. The fourth-order valence-corrected chi connectivity index (χ4v) is 5.81. The number of amides is 1. The first-order valence-corrected chi connectivity index (χ1v) is 18.3. The molecule has 0 aliphatic heterocycles. The van der Waals surface area contributed by atoms with E-state index in [0.29, 0.717) is 12.8 Å². The van der Waals surface area contributed by atoms with Crippen LogP contribution in [0.15, 0.2) is 0 Å². The first-order chi connectivity index (χ1) is 20.1. The van der Waals surface area contributed by atoms with Crippen LogP contribution >= 0.6 is 0 Å². The van der Waals surface area contributed by atoms with Gasteiger partial charge in [0, 0.05) is 6.42 Å². The molecular formula is C36H73NO4. The van der Waals surface area contributed by atoms with Crippen molar-refractivity contribution in [3.63, 3.8) is 0 Å². The van der Waals surface area contributed by atoms with Gasteiger partial charge in [0.2, 0.25) is 5.91 Å². The Bertz CT molecular complexity index is 530. The van der Waals surface area contributed by atoms with Crippen molar-refractivity contribution >= 4 is 5.91 Å². The third-order valence-corrected chi connectivity index (χ3v) is 8.71. The minimum atomic E-state index is -1.13. The lowest BCUT2D eigenvalue weighted by Gasteiger charge is -2.26. The van der Waals surface area contributed by atoms with Crippen molar-refractivity contribution in [2.24, 2.45) is 0 Å². The molecule has 0 aromatic heterocycles. The van der Waals surface area contributed by atoms with Crippen molar-refractivity contribution in [2.45, 2.75) is 218 Å². The molecule has 3 unspecified atom stereocenters. The lowest BCUT2D eigenvalue weighted by atomic mass is 9.99. The predicted octanol–water partition coefficient (Wildman–Crippen LogP) is 9.54. The van der Waals surface area contributed by atoms with Gasteiger partial charge in [0.1, 0.15) is 6.10 Å². The Hall–Kier alpha value is -0.650. The highest BCUT2D eigenvalue weighted by atomic mass is 16.3. The number of nitrogens with one attached hydrogen (secondary N) is 1. The monoisotopic (exact) mass is 584 g/mol. The summed E-state index contributed by atoms with van der Waals surface area (Å²) in [4.78, 5) is 12.3. The fraction of sp³-hybridized carbons (Fsp3) is 0.972. The van der Waals surface area contributed by atoms with Crippen molar-refractivity contribution in [3.8, 4) is 0 Å². The van der Waals surface area contributed by atoms with Crippen molar-refractivity contribution < 1.29 is 20.1 Å². The maximum absolute atomic E-state index is 12.3. The Labute approximate surface area is 256 Å². The van der Waals surface area contributed by atoms with E-state index in [1.165, 1.54) is 141 Å². The van der Waals surface area contributed by atoms with Crippen molar-refractivity contribution in [2.75, 3.05) is 6.61 Å². The van der Waals surface area contributed by atoms with Crippen LogP contribution in [0.25, 0.3) is 0 Å². The summed E-state index contributed by atoms with van der Waals surface area (Å²) in [5.41, 5.74) is 0. The highest BCUT2D eigenvalue weighted by molar-refractivity contribution is 5.76. The first kappa shape index (κ1) is 40.4. The van der Waals surface area contributed by atoms with Crippen LogP contribution in [-0.2, 0) is 4.79 Å². The van der Waals surface area contributed by atoms with Gasteiger partial charge >= 0.3 is 0 Å². The maximum atomic E-state index is 12.3. The van der Waals surface area contributed by atoms with Crippen LogP contribution in [0.1, 0.15) is 200 Å². The second kappa shape index (κ2) is 32.3. The molecule has 0 radical (unpaired) electrons. The maximum Gasteiger partial charge on any atom is 0.220 e. The van der Waals surface area contributed by atoms with Gasteiger partial charge in [0.15, 0.2) is 0 Å². The van der Waals surface area contributed by atoms with Gasteiger partial charge in [-0.15, -0.1) is 0 Å². The molecule has 0 aliphatic carbocycles. The standard InChI is InChI=1S/C36H73NO4/c1-3-5-7-9-11-13-15-17-19-20-22-24-26-28-30-34(39)36(41)33(32-38)37-35(40)31-29-27-25-23-21-18-16-14-12-10-8-6-4-2/h33-34,36,38-39,41H,3-32H2,1-2H3,(H,37,40). The number of unbranched alkanes of at least 4 members (excludes halogenated alkanes) is 25. The summed E-state index contributed by atoms with van der Waals surface area (Å²) in [6.07, 6.45) is 33.3. The molecule has 3 atom stereocenters. The van der Waals surface area contributed by atoms with E-state index in [-0.39, 0.29) is 12.5 Å². The lowest BCUT2D eigenvalue weighted by molar-refractivity contribution is -0.124. The van der Waals surface area contributed by atoms with E-state index in [4.69, 9.17) is 0 Å². The van der Waals surface area contributed by atoms with Crippen LogP contribution in [-0.4, -0.2) is 46.1 Å². The molecular weight excluding hydrogens is 510 g/mol. The van der Waals surface area contributed by atoms with Crippen LogP contribution < -0.4 is 5.32 Å². The number of aliphatic hydroxyl groups excluding tert-OH is 3. The van der Waals surface area contributed by atoms with Crippen molar-refractivity contribution in [3.05, 3.63) is 0 Å². The van der Waals surface area contributed by atoms with Gasteiger partial charge in [-0.05, 0) is 12.8 Å². The number of hydrogen-bond donors (Lipinski definition) is 4. The molecule has 5 nitrogen and oxygen atoms in total. The molecule has 0 bridgehead atoms. The highest BCUT2D eigenvalue weighted by Crippen LogP contribution is 2.16. The molecule has 0 heterocycles. The minimum Gasteiger partial charge on any atom is -0.394 e. The first-order valence-electron chi connectivity index (χ1n) is 18.3. The van der Waals surface area contributed by atoms with E-state index in [2.05, 4.69) is 19.2 Å². The topological polar surface area (TPSA) is 89.8 Å². The molecule has 0 saturated carbocycles. The Morgan fingerprint density at radius 2 is 0.829 bits per heavy atom. The smallest absolute Gasteiger partial charge is 0.220 e. The third-order valence-electron chi connectivity index (χ3n) is 8.71. The largest absolute Gasteiger partial charge is 0.394 e. The number of rotatable bonds is 33. The van der Waals surface area contributed by atoms with Crippen molar-refractivity contribution in [1.82, 2.24) is 5.32 Å². The highest BCUT2D eigenvalue weighted by Gasteiger charge is 2.26. The van der Waals surface area contributed by atoms with Gasteiger partial charge in [0.05, 0.1) is 18.8 Å². The lowest BCUT2D eigenvalue weighted by Crippen LogP contribution is -2.50. The molecule has 0 aromatic carbocycles. The summed E-state index contributed by atoms with van der Waals surface area (Å²) in [6.45, 7) is 4.17. The molecule has 41 heavy (non-hydrogen) atoms. The molecule has 0 aliphatic rings. The van der Waals surface area contributed by atoms with E-state index in [9.17, 15) is 20.1 Å². The van der Waals surface area contributed by atoms with Gasteiger partial charge in [-0.3, -0.25) is 4.79 Å². The zero-order chi connectivity index (χ0) is 30.2. The fourth-order valence-electron chi connectivity index (χ4n) is 5.81. The quantitative estimate of drug-likeness (QED) is 0.0579. The number of hydrogen-bond acceptors (Lipinski definition) is 4. The number of carbonyl (C=O) groups excluding carboxylic acids is 1. The van der Waals surface area contributed by atoms with E-state index >= 15 is 0 Å². The second-order valence-corrected chi connectivity index (χ2v) is 12.8. The van der Waals surface area contributed by atoms with E-state index in [1.54, 1.807) is 0 Å². The molecule has 5 heteroatoms. The zero-order valence-corrected chi connectivity index (χ0v) is 27.7. The summed E-state index contributed by atoms with van der Waals surface area (Å²) in [6, 6.07) is -0.800. The average molecular weight is 584 g/mol. The predicted molar refractivity (Wildman–Crippen MR) is 176 cm³/mol. The summed E-state index contributed by atoms with van der Waals surface area (Å²) >= 11 is 0. The molecule has 0 fully saturated rings. The minimum absolute atomic E-state index is 0.144. The van der Waals surface area contributed by atoms with Gasteiger partial charge in [0.25, 0.3) is 0 Å². The third kappa shape index (κ3) is 27.9. The summed E-state index contributed by atoms with van der Waals surface area (Å²) in [5.74, 6) is -0.144. The Morgan fingerprint density at radius 3 is 1.17 bits per heavy atom. The van der Waals surface area contributed by atoms with Crippen LogP contribution in [0.5, 0.6) is 0 Å². The van der Waals surface area contributed by atoms with Crippen LogP contribution in [0.2, 0.25) is 0 Å². The molecule has 0 saturated heterocycles. The summed E-state index contributed by atoms with van der Waals surface area (Å²) < 4.78 is 0. The Kier molecular flexibility index (Phi) is 31.8. The Balaban J connectivity index is 3.67. The van der Waals surface area contributed by atoms with E-state index in [0.717, 1.165) is 32.1 Å². The molecule has 1 amide bonds.